The quantitative estimate of drug-likeness (QED) is 0.532. The summed E-state index contributed by atoms with van der Waals surface area (Å²) in [5.41, 5.74) is 2.61. The Morgan fingerprint density at radius 2 is 1.65 bits per heavy atom. The zero-order valence-corrected chi connectivity index (χ0v) is 17.4. The van der Waals surface area contributed by atoms with Crippen LogP contribution >= 0.6 is 24.8 Å². The van der Waals surface area contributed by atoms with Crippen LogP contribution in [-0.4, -0.2) is 0 Å². The smallest absolute Gasteiger partial charge is 0.147 e. The first-order valence-corrected chi connectivity index (χ1v) is 8.76. The second-order valence-electron chi connectivity index (χ2n) is 7.02. The topological polar surface area (TPSA) is 0 Å². The van der Waals surface area contributed by atoms with Crippen LogP contribution in [0, 0.1) is 16.7 Å². The van der Waals surface area contributed by atoms with Crippen LogP contribution in [0.3, 0.4) is 0 Å². The third-order valence-corrected chi connectivity index (χ3v) is 6.99. The van der Waals surface area contributed by atoms with Gasteiger partial charge in [0.1, 0.15) is 0 Å². The van der Waals surface area contributed by atoms with E-state index in [1.54, 1.807) is 33.6 Å². The van der Waals surface area contributed by atoms with E-state index in [0.717, 1.165) is 5.92 Å². The summed E-state index contributed by atoms with van der Waals surface area (Å²) < 4.78 is 1.72. The summed E-state index contributed by atoms with van der Waals surface area (Å²) in [6.45, 7) is 9.87. The van der Waals surface area contributed by atoms with Crippen molar-refractivity contribution < 1.29 is 24.7 Å². The van der Waals surface area contributed by atoms with E-state index in [4.69, 9.17) is 0 Å². The molecule has 0 saturated heterocycles. The minimum absolute atomic E-state index is 0. The fraction of sp³-hybridized carbons (Fsp3) is 0.765. The Morgan fingerprint density at radius 1 is 1.10 bits per heavy atom. The van der Waals surface area contributed by atoms with Gasteiger partial charge in [0.25, 0.3) is 0 Å². The van der Waals surface area contributed by atoms with Gasteiger partial charge < -0.3 is 0 Å². The van der Waals surface area contributed by atoms with Gasteiger partial charge in [-0.1, -0.05) is 0 Å². The van der Waals surface area contributed by atoms with Crippen molar-refractivity contribution >= 4 is 24.8 Å². The Labute approximate surface area is 152 Å². The van der Waals surface area contributed by atoms with Crippen LogP contribution < -0.4 is 0 Å². The molecule has 0 aliphatic heterocycles. The predicted octanol–water partition coefficient (Wildman–Crippen LogP) is 6.22. The second kappa shape index (κ2) is 7.98. The molecule has 2 rings (SSSR count). The summed E-state index contributed by atoms with van der Waals surface area (Å²) in [4.78, 5) is 0. The molecular weight excluding hydrogens is 366 g/mol. The van der Waals surface area contributed by atoms with Gasteiger partial charge in [0.05, 0.1) is 0 Å². The molecule has 0 N–H and O–H groups in total. The molecule has 20 heavy (non-hydrogen) atoms. The van der Waals surface area contributed by atoms with Gasteiger partial charge >= 0.3 is 129 Å². The molecule has 0 heterocycles. The summed E-state index contributed by atoms with van der Waals surface area (Å²) in [7, 11) is 0. The van der Waals surface area contributed by atoms with Crippen molar-refractivity contribution in [2.24, 2.45) is 16.7 Å². The number of allylic oxidation sites excluding steroid dienone is 4. The van der Waals surface area contributed by atoms with Gasteiger partial charge in [0.2, 0.25) is 0 Å². The number of hydrogen-bond donors (Lipinski definition) is 0. The van der Waals surface area contributed by atoms with E-state index in [0.29, 0.717) is 10.8 Å². The van der Waals surface area contributed by atoms with E-state index in [1.807, 2.05) is 0 Å². The van der Waals surface area contributed by atoms with Crippen LogP contribution in [-0.2, 0) is 24.7 Å². The monoisotopic (exact) mass is 393 g/mol. The molecule has 1 fully saturated rings. The summed E-state index contributed by atoms with van der Waals surface area (Å²) in [5, 5.41) is 0. The first kappa shape index (κ1) is 20.9. The van der Waals surface area contributed by atoms with Gasteiger partial charge in [-0.15, -0.1) is 24.8 Å². The molecule has 0 spiro atoms. The Bertz CT molecular complexity index is 374. The summed E-state index contributed by atoms with van der Waals surface area (Å²) in [6, 6.07) is 0. The molecule has 0 aromatic rings. The predicted molar refractivity (Wildman–Crippen MR) is 89.4 cm³/mol. The van der Waals surface area contributed by atoms with Crippen LogP contribution in [0.15, 0.2) is 21.0 Å². The maximum Gasteiger partial charge on any atom is -0.147 e. The zero-order chi connectivity index (χ0) is 13.4. The van der Waals surface area contributed by atoms with Crippen molar-refractivity contribution in [3.63, 3.8) is 0 Å². The van der Waals surface area contributed by atoms with Crippen LogP contribution in [0.1, 0.15) is 66.2 Å². The Balaban J connectivity index is 0.00000180. The van der Waals surface area contributed by atoms with Gasteiger partial charge in [-0.2, -0.15) is 0 Å². The molecule has 0 unspecified atom stereocenters. The minimum atomic E-state index is 0. The molecule has 0 bridgehead atoms. The molecule has 0 atom stereocenters. The number of rotatable bonds is 3. The second-order valence-corrected chi connectivity index (χ2v) is 8.50. The van der Waals surface area contributed by atoms with Crippen LogP contribution in [0.5, 0.6) is 0 Å². The van der Waals surface area contributed by atoms with E-state index in [-0.39, 0.29) is 24.8 Å². The van der Waals surface area contributed by atoms with Crippen LogP contribution in [0.2, 0.25) is 0 Å². The standard InChI is InChI=1S/C17H27.2ClH.Zr/c1-14(2)16(3,4)17(12-8-5-9-13-17)15-10-6-7-11-15;;;/h6,10,14H,5,7-9,12-13H2,1-4H3;2*1H;. The Hall–Kier alpha value is 0.943. The van der Waals surface area contributed by atoms with Crippen LogP contribution in [0.4, 0.5) is 0 Å². The maximum atomic E-state index is 2.52. The van der Waals surface area contributed by atoms with E-state index in [1.165, 1.54) is 38.5 Å². The molecule has 2 aliphatic carbocycles. The molecule has 0 aromatic carbocycles. The van der Waals surface area contributed by atoms with Crippen molar-refractivity contribution in [2.75, 3.05) is 0 Å². The Kier molecular flexibility index (Phi) is 8.36. The SMILES string of the molecule is CC(C)C(C)(C)C1(C2=[C]([Zr])CC=C2)CCCCC1.Cl.Cl. The molecule has 1 saturated carbocycles. The molecule has 3 heteroatoms. The summed E-state index contributed by atoms with van der Waals surface area (Å²) >= 11 is 1.64. The third-order valence-electron chi connectivity index (χ3n) is 5.83. The van der Waals surface area contributed by atoms with Gasteiger partial charge in [-0.3, -0.25) is 0 Å². The molecule has 115 valence electrons. The van der Waals surface area contributed by atoms with Crippen molar-refractivity contribution in [2.45, 2.75) is 66.2 Å². The fourth-order valence-electron chi connectivity index (χ4n) is 3.92. The Morgan fingerprint density at radius 3 is 2.05 bits per heavy atom. The van der Waals surface area contributed by atoms with E-state index >= 15 is 0 Å². The van der Waals surface area contributed by atoms with Crippen LogP contribution in [0.25, 0.3) is 0 Å². The number of halogens is 2. The molecular formula is C17H29Cl2Zr. The van der Waals surface area contributed by atoms with E-state index in [2.05, 4.69) is 39.8 Å². The molecule has 0 radical (unpaired) electrons. The summed E-state index contributed by atoms with van der Waals surface area (Å²) in [5.74, 6) is 0.751. The normalized spacial score (nSPS) is 21.6. The van der Waals surface area contributed by atoms with E-state index < -0.39 is 0 Å². The average Bonchev–Trinajstić information content (AvgIpc) is 2.76. The molecule has 2 aliphatic rings. The number of hydrogen-bond acceptors (Lipinski definition) is 0. The third kappa shape index (κ3) is 3.47. The van der Waals surface area contributed by atoms with Crippen molar-refractivity contribution in [1.29, 1.82) is 0 Å². The van der Waals surface area contributed by atoms with Gasteiger partial charge in [-0.05, 0) is 0 Å². The average molecular weight is 396 g/mol. The maximum absolute atomic E-state index is 2.52. The van der Waals surface area contributed by atoms with E-state index in [9.17, 15) is 0 Å². The van der Waals surface area contributed by atoms with Crippen molar-refractivity contribution in [1.82, 2.24) is 0 Å². The summed E-state index contributed by atoms with van der Waals surface area (Å²) in [6.07, 6.45) is 13.2. The van der Waals surface area contributed by atoms with Gasteiger partial charge in [0, 0.05) is 0 Å². The van der Waals surface area contributed by atoms with Crippen molar-refractivity contribution in [3.8, 4) is 0 Å². The first-order valence-electron chi connectivity index (χ1n) is 7.53. The minimum Gasteiger partial charge on any atom is -0.147 e. The largest absolute Gasteiger partial charge is 0.147 e. The fourth-order valence-corrected chi connectivity index (χ4v) is 5.00. The van der Waals surface area contributed by atoms with Crippen molar-refractivity contribution in [3.05, 3.63) is 21.0 Å². The molecule has 0 nitrogen and oxygen atoms in total. The first-order chi connectivity index (χ1) is 8.42. The van der Waals surface area contributed by atoms with Gasteiger partial charge in [-0.25, -0.2) is 0 Å². The molecule has 0 aromatic heterocycles. The van der Waals surface area contributed by atoms with Gasteiger partial charge in [0.15, 0.2) is 0 Å². The zero-order valence-electron chi connectivity index (χ0n) is 13.3. The molecule has 0 amide bonds.